The van der Waals surface area contributed by atoms with Gasteiger partial charge in [-0.1, -0.05) is 0 Å². The fraction of sp³-hybridized carbons (Fsp3) is 0.778. The predicted octanol–water partition coefficient (Wildman–Crippen LogP) is 2.78. The lowest BCUT2D eigenvalue weighted by Gasteiger charge is -2.32. The summed E-state index contributed by atoms with van der Waals surface area (Å²) in [5.74, 6) is 2.10. The van der Waals surface area contributed by atoms with Crippen LogP contribution in [0.5, 0.6) is 0 Å². The molecule has 0 radical (unpaired) electrons. The number of ether oxygens (including phenoxy) is 1. The lowest BCUT2D eigenvalue weighted by molar-refractivity contribution is 0.0233. The third-order valence-electron chi connectivity index (χ3n) is 2.37. The van der Waals surface area contributed by atoms with Gasteiger partial charge in [0.2, 0.25) is 0 Å². The lowest BCUT2D eigenvalue weighted by Crippen LogP contribution is -2.28. The zero-order valence-electron chi connectivity index (χ0n) is 7.09. The van der Waals surface area contributed by atoms with Gasteiger partial charge in [0.25, 0.3) is 0 Å². The first-order valence-corrected chi connectivity index (χ1v) is 5.17. The van der Waals surface area contributed by atoms with E-state index in [1.54, 1.807) is 0 Å². The second kappa shape index (κ2) is 2.44. The highest BCUT2D eigenvalue weighted by Crippen LogP contribution is 2.44. The molecule has 2 rings (SSSR count). The van der Waals surface area contributed by atoms with Crippen LogP contribution in [0.25, 0.3) is 0 Å². The third-order valence-corrected chi connectivity index (χ3v) is 3.57. The van der Waals surface area contributed by atoms with Gasteiger partial charge in [-0.2, -0.15) is 0 Å². The molecule has 2 heteroatoms. The van der Waals surface area contributed by atoms with Gasteiger partial charge in [-0.3, -0.25) is 0 Å². The van der Waals surface area contributed by atoms with Crippen LogP contribution in [0, 0.1) is 5.92 Å². The van der Waals surface area contributed by atoms with Gasteiger partial charge in [-0.05, 0) is 38.4 Å². The van der Waals surface area contributed by atoms with Gasteiger partial charge in [0.05, 0.1) is 6.26 Å². The minimum atomic E-state index is 0.0824. The van der Waals surface area contributed by atoms with Crippen LogP contribution in [-0.2, 0) is 4.74 Å². The molecule has 0 amide bonds. The maximum atomic E-state index is 5.60. The van der Waals surface area contributed by atoms with Crippen LogP contribution in [0.1, 0.15) is 26.7 Å². The Morgan fingerprint density at radius 3 is 3.27 bits per heavy atom. The summed E-state index contributed by atoms with van der Waals surface area (Å²) in [6.45, 7) is 4.34. The average molecular weight is 170 g/mol. The molecule has 0 aromatic carbocycles. The molecule has 1 saturated heterocycles. The molecule has 11 heavy (non-hydrogen) atoms. The molecule has 0 aliphatic carbocycles. The van der Waals surface area contributed by atoms with E-state index >= 15 is 0 Å². The average Bonchev–Trinajstić information content (AvgIpc) is 2.31. The largest absolute Gasteiger partial charge is 0.495 e. The summed E-state index contributed by atoms with van der Waals surface area (Å²) < 4.78 is 5.60. The summed E-state index contributed by atoms with van der Waals surface area (Å²) in [5, 5.41) is 0. The number of hydrogen-bond donors (Lipinski definition) is 0. The molecular weight excluding hydrogens is 156 g/mol. The van der Waals surface area contributed by atoms with Gasteiger partial charge in [0, 0.05) is 4.91 Å². The number of fused-ring (bicyclic) bond motifs is 1. The quantitative estimate of drug-likeness (QED) is 0.553. The summed E-state index contributed by atoms with van der Waals surface area (Å²) in [6.07, 6.45) is 4.53. The fourth-order valence-electron chi connectivity index (χ4n) is 1.77. The maximum absolute atomic E-state index is 5.60. The Morgan fingerprint density at radius 2 is 2.45 bits per heavy atom. The van der Waals surface area contributed by atoms with Crippen molar-refractivity contribution in [3.8, 4) is 0 Å². The topological polar surface area (TPSA) is 9.23 Å². The second-order valence-corrected chi connectivity index (χ2v) is 5.10. The van der Waals surface area contributed by atoms with Crippen molar-refractivity contribution < 1.29 is 4.74 Å². The van der Waals surface area contributed by atoms with Gasteiger partial charge in [-0.25, -0.2) is 0 Å². The smallest absolute Gasteiger partial charge is 0.103 e. The van der Waals surface area contributed by atoms with Crippen molar-refractivity contribution in [2.45, 2.75) is 32.3 Å². The summed E-state index contributed by atoms with van der Waals surface area (Å²) in [5.41, 5.74) is 0.0824. The molecule has 1 nitrogen and oxygen atoms in total. The SMILES string of the molecule is CC1(C)CC2CCSC2=CO1. The molecule has 0 aromatic heterocycles. The van der Waals surface area contributed by atoms with E-state index < -0.39 is 0 Å². The minimum absolute atomic E-state index is 0.0824. The molecule has 0 N–H and O–H groups in total. The molecule has 1 fully saturated rings. The van der Waals surface area contributed by atoms with E-state index in [1.807, 2.05) is 18.0 Å². The fourth-order valence-corrected chi connectivity index (χ4v) is 2.96. The normalized spacial score (nSPS) is 34.0. The highest BCUT2D eigenvalue weighted by Gasteiger charge is 2.33. The Hall–Kier alpha value is -0.110. The van der Waals surface area contributed by atoms with Crippen LogP contribution in [0.4, 0.5) is 0 Å². The molecule has 1 atom stereocenters. The predicted molar refractivity (Wildman–Crippen MR) is 48.4 cm³/mol. The monoisotopic (exact) mass is 170 g/mol. The van der Waals surface area contributed by atoms with Crippen molar-refractivity contribution in [1.29, 1.82) is 0 Å². The molecule has 2 aliphatic rings. The molecule has 2 aliphatic heterocycles. The van der Waals surface area contributed by atoms with Crippen LogP contribution in [0.15, 0.2) is 11.2 Å². The van der Waals surface area contributed by atoms with Crippen molar-refractivity contribution in [3.05, 3.63) is 11.2 Å². The van der Waals surface area contributed by atoms with E-state index in [4.69, 9.17) is 4.74 Å². The first-order valence-electron chi connectivity index (χ1n) is 4.18. The zero-order chi connectivity index (χ0) is 7.90. The minimum Gasteiger partial charge on any atom is -0.495 e. The maximum Gasteiger partial charge on any atom is 0.103 e. The van der Waals surface area contributed by atoms with Crippen LogP contribution >= 0.6 is 11.8 Å². The summed E-state index contributed by atoms with van der Waals surface area (Å²) in [7, 11) is 0. The molecule has 62 valence electrons. The van der Waals surface area contributed by atoms with Crippen molar-refractivity contribution >= 4 is 11.8 Å². The first-order chi connectivity index (χ1) is 5.17. The second-order valence-electron chi connectivity index (χ2n) is 3.94. The van der Waals surface area contributed by atoms with Crippen molar-refractivity contribution in [3.63, 3.8) is 0 Å². The third kappa shape index (κ3) is 1.41. The standard InChI is InChI=1S/C9H14OS/c1-9(2)5-7-3-4-11-8(7)6-10-9/h6-7H,3-5H2,1-2H3. The van der Waals surface area contributed by atoms with E-state index in [9.17, 15) is 0 Å². The Morgan fingerprint density at radius 1 is 1.64 bits per heavy atom. The Bertz CT molecular complexity index is 196. The van der Waals surface area contributed by atoms with Crippen LogP contribution in [-0.4, -0.2) is 11.4 Å². The Balaban J connectivity index is 2.16. The van der Waals surface area contributed by atoms with Crippen LogP contribution < -0.4 is 0 Å². The van der Waals surface area contributed by atoms with E-state index in [2.05, 4.69) is 13.8 Å². The lowest BCUT2D eigenvalue weighted by atomic mass is 9.90. The Kier molecular flexibility index (Phi) is 1.67. The number of rotatable bonds is 0. The number of thioether (sulfide) groups is 1. The van der Waals surface area contributed by atoms with Gasteiger partial charge >= 0.3 is 0 Å². The summed E-state index contributed by atoms with van der Waals surface area (Å²) >= 11 is 1.96. The number of hydrogen-bond acceptors (Lipinski definition) is 2. The molecule has 0 spiro atoms. The van der Waals surface area contributed by atoms with Gasteiger partial charge in [0.15, 0.2) is 0 Å². The van der Waals surface area contributed by atoms with E-state index in [-0.39, 0.29) is 5.60 Å². The molecule has 0 bridgehead atoms. The highest BCUT2D eigenvalue weighted by molar-refractivity contribution is 8.03. The van der Waals surface area contributed by atoms with Crippen molar-refractivity contribution in [2.24, 2.45) is 5.92 Å². The van der Waals surface area contributed by atoms with Gasteiger partial charge in [-0.15, -0.1) is 11.8 Å². The summed E-state index contributed by atoms with van der Waals surface area (Å²) in [4.78, 5) is 1.48. The van der Waals surface area contributed by atoms with E-state index in [0.29, 0.717) is 0 Å². The zero-order valence-corrected chi connectivity index (χ0v) is 7.91. The van der Waals surface area contributed by atoms with Crippen molar-refractivity contribution in [1.82, 2.24) is 0 Å². The van der Waals surface area contributed by atoms with Gasteiger partial charge < -0.3 is 4.74 Å². The first kappa shape index (κ1) is 7.53. The van der Waals surface area contributed by atoms with E-state index in [0.717, 1.165) is 5.92 Å². The molecule has 1 unspecified atom stereocenters. The molecule has 0 saturated carbocycles. The summed E-state index contributed by atoms with van der Waals surface area (Å²) in [6, 6.07) is 0. The molecule has 2 heterocycles. The van der Waals surface area contributed by atoms with Gasteiger partial charge in [0.1, 0.15) is 5.60 Å². The molecule has 0 aromatic rings. The molecular formula is C9H14OS. The van der Waals surface area contributed by atoms with Crippen molar-refractivity contribution in [2.75, 3.05) is 5.75 Å². The van der Waals surface area contributed by atoms with Crippen LogP contribution in [0.2, 0.25) is 0 Å². The highest BCUT2D eigenvalue weighted by atomic mass is 32.2. The number of allylic oxidation sites excluding steroid dienone is 1. The van der Waals surface area contributed by atoms with E-state index in [1.165, 1.54) is 23.5 Å². The van der Waals surface area contributed by atoms with Crippen LogP contribution in [0.3, 0.4) is 0 Å². The Labute approximate surface area is 72.2 Å².